The second-order valence-corrected chi connectivity index (χ2v) is 10.4. The fraction of sp³-hybridized carbons (Fsp3) is 0.593. The molecule has 1 saturated heterocycles. The van der Waals surface area contributed by atoms with Crippen LogP contribution in [0.25, 0.3) is 10.9 Å². The number of hydrogen-bond acceptors (Lipinski definition) is 4. The van der Waals surface area contributed by atoms with Crippen LogP contribution in [0, 0.1) is 17.8 Å². The van der Waals surface area contributed by atoms with E-state index in [-0.39, 0.29) is 23.9 Å². The van der Waals surface area contributed by atoms with Crippen LogP contribution in [0.2, 0.25) is 0 Å². The average Bonchev–Trinajstić information content (AvgIpc) is 3.74. The minimum Gasteiger partial charge on any atom is -0.372 e. The van der Waals surface area contributed by atoms with Gasteiger partial charge in [-0.3, -0.25) is 18.7 Å². The topological polar surface area (TPSA) is 67.6 Å². The minimum atomic E-state index is -0.654. The summed E-state index contributed by atoms with van der Waals surface area (Å²) in [5, 5.41) is 0.460. The van der Waals surface area contributed by atoms with Crippen LogP contribution in [0.5, 0.6) is 0 Å². The first-order chi connectivity index (χ1) is 17.0. The molecule has 35 heavy (non-hydrogen) atoms. The summed E-state index contributed by atoms with van der Waals surface area (Å²) in [6.45, 7) is 7.31. The summed E-state index contributed by atoms with van der Waals surface area (Å²) in [4.78, 5) is 42.8. The number of aryl methyl sites for hydroxylation is 1. The Morgan fingerprint density at radius 2 is 1.51 bits per heavy atom. The number of piperazine rings is 1. The van der Waals surface area contributed by atoms with Gasteiger partial charge in [0.05, 0.1) is 17.4 Å². The zero-order valence-electron chi connectivity index (χ0n) is 20.3. The molecule has 2 saturated carbocycles. The van der Waals surface area contributed by atoms with Crippen molar-refractivity contribution < 1.29 is 9.18 Å². The molecule has 0 spiro atoms. The van der Waals surface area contributed by atoms with Crippen molar-refractivity contribution in [3.63, 3.8) is 0 Å². The first kappa shape index (κ1) is 23.8. The second kappa shape index (κ2) is 9.99. The predicted molar refractivity (Wildman–Crippen MR) is 134 cm³/mol. The Morgan fingerprint density at radius 1 is 0.886 bits per heavy atom. The third-order valence-electron chi connectivity index (χ3n) is 8.12. The number of halogens is 1. The van der Waals surface area contributed by atoms with Gasteiger partial charge >= 0.3 is 5.69 Å². The molecular weight excluding hydrogens is 447 g/mol. The molecule has 1 amide bonds. The number of aromatic nitrogens is 2. The van der Waals surface area contributed by atoms with Crippen LogP contribution >= 0.6 is 0 Å². The van der Waals surface area contributed by atoms with Gasteiger partial charge in [0, 0.05) is 44.3 Å². The molecular formula is C27H35FN4O3. The van der Waals surface area contributed by atoms with Gasteiger partial charge in [-0.15, -0.1) is 0 Å². The molecule has 2 heterocycles. The smallest absolute Gasteiger partial charge is 0.331 e. The summed E-state index contributed by atoms with van der Waals surface area (Å²) in [5.41, 5.74) is 0.952. The lowest BCUT2D eigenvalue weighted by Gasteiger charge is -2.41. The Bertz CT molecular complexity index is 1220. The van der Waals surface area contributed by atoms with Crippen molar-refractivity contribution in [1.29, 1.82) is 0 Å². The van der Waals surface area contributed by atoms with E-state index in [9.17, 15) is 18.8 Å². The summed E-state index contributed by atoms with van der Waals surface area (Å²) in [5.74, 6) is 1.23. The van der Waals surface area contributed by atoms with Crippen LogP contribution in [0.3, 0.4) is 0 Å². The molecule has 188 valence electrons. The standard InChI is InChI=1S/C27H35FN4O3/c1-19(29-14-16-30(17-15-29)25(33)22-10-11-22)21-8-6-20(7-9-21)18-32-26(34)23-4-2-3-5-24(23)31(13-12-28)27(32)35/h2-5,20-22H,1,6-18H2/t20-,21-. The van der Waals surface area contributed by atoms with E-state index in [0.717, 1.165) is 70.4 Å². The number of allylic oxidation sites excluding steroid dienone is 1. The van der Waals surface area contributed by atoms with E-state index < -0.39 is 12.4 Å². The van der Waals surface area contributed by atoms with Crippen molar-refractivity contribution in [2.45, 2.75) is 51.6 Å². The fourth-order valence-electron chi connectivity index (χ4n) is 5.83. The summed E-state index contributed by atoms with van der Waals surface area (Å²) in [6, 6.07) is 6.95. The normalized spacial score (nSPS) is 23.0. The number of benzene rings is 1. The maximum Gasteiger partial charge on any atom is 0.331 e. The Balaban J connectivity index is 1.20. The molecule has 0 atom stereocenters. The number of carbonyl (C=O) groups excluding carboxylic acids is 1. The number of hydrogen-bond donors (Lipinski definition) is 0. The van der Waals surface area contributed by atoms with E-state index in [1.54, 1.807) is 24.3 Å². The van der Waals surface area contributed by atoms with Gasteiger partial charge in [-0.05, 0) is 62.5 Å². The number of nitrogens with zero attached hydrogens (tertiary/aromatic N) is 4. The second-order valence-electron chi connectivity index (χ2n) is 10.4. The van der Waals surface area contributed by atoms with E-state index >= 15 is 0 Å². The van der Waals surface area contributed by atoms with Crippen LogP contribution in [-0.4, -0.2) is 57.7 Å². The lowest BCUT2D eigenvalue weighted by molar-refractivity contribution is -0.134. The molecule has 1 aromatic carbocycles. The van der Waals surface area contributed by atoms with E-state index in [2.05, 4.69) is 11.5 Å². The molecule has 2 aromatic rings. The number of alkyl halides is 1. The zero-order valence-corrected chi connectivity index (χ0v) is 20.3. The highest BCUT2D eigenvalue weighted by atomic mass is 19.1. The SMILES string of the molecule is C=C([C@H]1CC[C@H](Cn2c(=O)c3ccccc3n(CCF)c2=O)CC1)N1CCN(C(=O)C2CC2)CC1. The molecule has 5 rings (SSSR count). The van der Waals surface area contributed by atoms with Crippen molar-refractivity contribution >= 4 is 16.8 Å². The van der Waals surface area contributed by atoms with Gasteiger partial charge in [0.1, 0.15) is 6.67 Å². The number of amides is 1. The fourth-order valence-corrected chi connectivity index (χ4v) is 5.83. The Kier molecular flexibility index (Phi) is 6.80. The highest BCUT2D eigenvalue weighted by Gasteiger charge is 2.35. The van der Waals surface area contributed by atoms with Crippen molar-refractivity contribution in [2.24, 2.45) is 17.8 Å². The van der Waals surface area contributed by atoms with Gasteiger partial charge < -0.3 is 9.80 Å². The van der Waals surface area contributed by atoms with E-state index in [4.69, 9.17) is 0 Å². The van der Waals surface area contributed by atoms with Gasteiger partial charge in [-0.2, -0.15) is 0 Å². The van der Waals surface area contributed by atoms with E-state index in [0.29, 0.717) is 29.3 Å². The summed E-state index contributed by atoms with van der Waals surface area (Å²) in [6.07, 6.45) is 5.89. The maximum absolute atomic E-state index is 13.2. The lowest BCUT2D eigenvalue weighted by Crippen LogP contribution is -2.49. The largest absolute Gasteiger partial charge is 0.372 e. The van der Waals surface area contributed by atoms with Gasteiger partial charge in [-0.1, -0.05) is 18.7 Å². The quantitative estimate of drug-likeness (QED) is 0.609. The highest BCUT2D eigenvalue weighted by Crippen LogP contribution is 2.35. The van der Waals surface area contributed by atoms with Crippen LogP contribution < -0.4 is 11.2 Å². The number of rotatable bonds is 7. The third-order valence-corrected chi connectivity index (χ3v) is 8.12. The van der Waals surface area contributed by atoms with Crippen LogP contribution in [0.4, 0.5) is 4.39 Å². The molecule has 2 aliphatic carbocycles. The number of carbonyl (C=O) groups is 1. The summed E-state index contributed by atoms with van der Waals surface area (Å²) < 4.78 is 15.9. The minimum absolute atomic E-state index is 0.0499. The predicted octanol–water partition coefficient (Wildman–Crippen LogP) is 3.01. The average molecular weight is 483 g/mol. The first-order valence-corrected chi connectivity index (χ1v) is 13.0. The van der Waals surface area contributed by atoms with E-state index in [1.807, 2.05) is 4.90 Å². The molecule has 3 aliphatic rings. The van der Waals surface area contributed by atoms with Crippen LogP contribution in [0.1, 0.15) is 38.5 Å². The molecule has 0 bridgehead atoms. The summed E-state index contributed by atoms with van der Waals surface area (Å²) in [7, 11) is 0. The molecule has 1 aromatic heterocycles. The molecule has 3 fully saturated rings. The molecule has 7 nitrogen and oxygen atoms in total. The highest BCUT2D eigenvalue weighted by molar-refractivity contribution is 5.81. The van der Waals surface area contributed by atoms with Gasteiger partial charge in [0.25, 0.3) is 5.56 Å². The molecule has 0 radical (unpaired) electrons. The lowest BCUT2D eigenvalue weighted by atomic mass is 9.80. The van der Waals surface area contributed by atoms with Crippen molar-refractivity contribution in [1.82, 2.24) is 18.9 Å². The first-order valence-electron chi connectivity index (χ1n) is 13.0. The summed E-state index contributed by atoms with van der Waals surface area (Å²) >= 11 is 0. The van der Waals surface area contributed by atoms with Gasteiger partial charge in [0.15, 0.2) is 0 Å². The monoisotopic (exact) mass is 482 g/mol. The molecule has 0 N–H and O–H groups in total. The van der Waals surface area contributed by atoms with Crippen LogP contribution in [0.15, 0.2) is 46.1 Å². The zero-order chi connectivity index (χ0) is 24.5. The molecule has 8 heteroatoms. The number of fused-ring (bicyclic) bond motifs is 1. The van der Waals surface area contributed by atoms with Crippen molar-refractivity contribution in [3.05, 3.63) is 57.4 Å². The number of para-hydroxylation sites is 1. The Hall–Kier alpha value is -2.90. The van der Waals surface area contributed by atoms with Gasteiger partial charge in [0.2, 0.25) is 5.91 Å². The third kappa shape index (κ3) is 4.80. The van der Waals surface area contributed by atoms with Crippen molar-refractivity contribution in [3.8, 4) is 0 Å². The van der Waals surface area contributed by atoms with Gasteiger partial charge in [-0.25, -0.2) is 9.18 Å². The molecule has 0 unspecified atom stereocenters. The van der Waals surface area contributed by atoms with E-state index in [1.165, 1.54) is 9.13 Å². The molecule has 1 aliphatic heterocycles. The Morgan fingerprint density at radius 3 is 2.17 bits per heavy atom. The van der Waals surface area contributed by atoms with Crippen molar-refractivity contribution in [2.75, 3.05) is 32.9 Å². The maximum atomic E-state index is 13.2. The van der Waals surface area contributed by atoms with Crippen LogP contribution in [-0.2, 0) is 17.9 Å². The Labute approximate surface area is 204 Å².